The number of halogens is 3. The molecule has 0 bridgehead atoms. The molecule has 3 heterocycles. The number of hydrogen-bond acceptors (Lipinski definition) is 4. The van der Waals surface area contributed by atoms with Crippen molar-refractivity contribution in [2.75, 3.05) is 6.54 Å². The van der Waals surface area contributed by atoms with Crippen LogP contribution in [0.15, 0.2) is 6.07 Å². The number of aromatic nitrogens is 5. The third-order valence-electron chi connectivity index (χ3n) is 4.03. The minimum Gasteiger partial charge on any atom is -0.325 e. The van der Waals surface area contributed by atoms with E-state index in [1.165, 1.54) is 4.90 Å². The quantitative estimate of drug-likeness (QED) is 0.796. The molecule has 1 aliphatic rings. The summed E-state index contributed by atoms with van der Waals surface area (Å²) in [4.78, 5) is 14.0. The minimum atomic E-state index is -4.56. The summed E-state index contributed by atoms with van der Waals surface area (Å²) in [7, 11) is 1.72. The van der Waals surface area contributed by atoms with E-state index in [1.807, 2.05) is 6.92 Å². The number of aryl methyl sites for hydroxylation is 2. The predicted molar refractivity (Wildman–Crippen MR) is 72.4 cm³/mol. The van der Waals surface area contributed by atoms with Crippen LogP contribution in [0, 0.1) is 6.92 Å². The lowest BCUT2D eigenvalue weighted by Gasteiger charge is -2.33. The first-order chi connectivity index (χ1) is 10.7. The summed E-state index contributed by atoms with van der Waals surface area (Å²) in [6.45, 7) is 3.59. The lowest BCUT2D eigenvalue weighted by atomic mass is 10.2. The van der Waals surface area contributed by atoms with Crippen molar-refractivity contribution >= 4 is 5.91 Å². The van der Waals surface area contributed by atoms with Crippen LogP contribution in [0.25, 0.3) is 0 Å². The fraction of sp³-hybridized carbons (Fsp3) is 0.538. The van der Waals surface area contributed by atoms with Gasteiger partial charge < -0.3 is 9.47 Å². The molecule has 23 heavy (non-hydrogen) atoms. The molecular weight excluding hydrogens is 313 g/mol. The van der Waals surface area contributed by atoms with Crippen molar-refractivity contribution in [2.24, 2.45) is 7.05 Å². The number of alkyl halides is 3. The standard InChI is InChI=1S/C13H15F3N6O/c1-7-6-9(19-20(7)3)11(23)21-4-5-22-10(8(21)2)17-18-12(22)13(14,15)16/h6,8H,4-5H2,1-3H3. The minimum absolute atomic E-state index is 0.000920. The predicted octanol–water partition coefficient (Wildman–Crippen LogP) is 1.56. The Balaban J connectivity index is 1.91. The Bertz CT molecular complexity index is 743. The van der Waals surface area contributed by atoms with Crippen LogP contribution in [-0.2, 0) is 19.8 Å². The summed E-state index contributed by atoms with van der Waals surface area (Å²) in [6.07, 6.45) is -4.56. The molecule has 0 saturated carbocycles. The zero-order valence-corrected chi connectivity index (χ0v) is 12.8. The van der Waals surface area contributed by atoms with E-state index in [2.05, 4.69) is 15.3 Å². The summed E-state index contributed by atoms with van der Waals surface area (Å²) in [5, 5.41) is 11.0. The van der Waals surface area contributed by atoms with Crippen molar-refractivity contribution < 1.29 is 18.0 Å². The van der Waals surface area contributed by atoms with Crippen molar-refractivity contribution in [3.05, 3.63) is 29.1 Å². The SMILES string of the molecule is Cc1cc(C(=O)N2CCn3c(nnc3C(F)(F)F)C2C)nn1C. The average Bonchev–Trinajstić information content (AvgIpc) is 3.03. The molecular formula is C13H15F3N6O. The van der Waals surface area contributed by atoms with E-state index < -0.39 is 18.0 Å². The van der Waals surface area contributed by atoms with E-state index in [4.69, 9.17) is 0 Å². The molecule has 1 atom stereocenters. The molecule has 0 saturated heterocycles. The summed E-state index contributed by atoms with van der Waals surface area (Å²) in [6, 6.07) is 1.04. The molecule has 1 amide bonds. The van der Waals surface area contributed by atoms with Gasteiger partial charge in [0.15, 0.2) is 11.5 Å². The van der Waals surface area contributed by atoms with Crippen molar-refractivity contribution in [3.63, 3.8) is 0 Å². The van der Waals surface area contributed by atoms with Crippen LogP contribution in [0.1, 0.15) is 40.8 Å². The number of amides is 1. The highest BCUT2D eigenvalue weighted by Crippen LogP contribution is 2.33. The zero-order chi connectivity index (χ0) is 16.9. The number of carbonyl (C=O) groups excluding carboxylic acids is 1. The molecule has 0 aromatic carbocycles. The average molecular weight is 328 g/mol. The van der Waals surface area contributed by atoms with Gasteiger partial charge >= 0.3 is 6.18 Å². The van der Waals surface area contributed by atoms with Gasteiger partial charge in [0.2, 0.25) is 5.82 Å². The molecule has 0 aliphatic carbocycles. The van der Waals surface area contributed by atoms with Crippen LogP contribution >= 0.6 is 0 Å². The number of nitrogens with zero attached hydrogens (tertiary/aromatic N) is 6. The second-order valence-electron chi connectivity index (χ2n) is 5.50. The number of hydrogen-bond donors (Lipinski definition) is 0. The van der Waals surface area contributed by atoms with Gasteiger partial charge in [-0.2, -0.15) is 18.3 Å². The summed E-state index contributed by atoms with van der Waals surface area (Å²) < 4.78 is 41.3. The maximum Gasteiger partial charge on any atom is 0.451 e. The van der Waals surface area contributed by atoms with Crippen LogP contribution < -0.4 is 0 Å². The molecule has 0 N–H and O–H groups in total. The van der Waals surface area contributed by atoms with Crippen LogP contribution in [0.4, 0.5) is 13.2 Å². The highest BCUT2D eigenvalue weighted by atomic mass is 19.4. The van der Waals surface area contributed by atoms with E-state index in [0.29, 0.717) is 0 Å². The highest BCUT2D eigenvalue weighted by molar-refractivity contribution is 5.92. The Morgan fingerprint density at radius 1 is 1.30 bits per heavy atom. The van der Waals surface area contributed by atoms with Crippen molar-refractivity contribution in [1.82, 2.24) is 29.4 Å². The number of fused-ring (bicyclic) bond motifs is 1. The van der Waals surface area contributed by atoms with Crippen molar-refractivity contribution in [1.29, 1.82) is 0 Å². The number of carbonyl (C=O) groups is 1. The second kappa shape index (κ2) is 5.07. The smallest absolute Gasteiger partial charge is 0.325 e. The Labute approximate surface area is 129 Å². The molecule has 2 aromatic heterocycles. The van der Waals surface area contributed by atoms with E-state index in [-0.39, 0.29) is 30.5 Å². The van der Waals surface area contributed by atoms with E-state index in [1.54, 1.807) is 24.7 Å². The Morgan fingerprint density at radius 2 is 2.00 bits per heavy atom. The van der Waals surface area contributed by atoms with Gasteiger partial charge in [0.05, 0.1) is 6.04 Å². The van der Waals surface area contributed by atoms with Crippen LogP contribution in [0.2, 0.25) is 0 Å². The molecule has 0 fully saturated rings. The third-order valence-corrected chi connectivity index (χ3v) is 4.03. The molecule has 0 radical (unpaired) electrons. The normalized spacial score (nSPS) is 18.2. The zero-order valence-electron chi connectivity index (χ0n) is 12.8. The van der Waals surface area contributed by atoms with Crippen molar-refractivity contribution in [2.45, 2.75) is 32.6 Å². The Morgan fingerprint density at radius 3 is 2.57 bits per heavy atom. The first-order valence-corrected chi connectivity index (χ1v) is 7.02. The molecule has 7 nitrogen and oxygen atoms in total. The molecule has 2 aromatic rings. The van der Waals surface area contributed by atoms with E-state index in [0.717, 1.165) is 10.3 Å². The lowest BCUT2D eigenvalue weighted by Crippen LogP contribution is -2.42. The molecule has 0 spiro atoms. The molecule has 3 rings (SSSR count). The fourth-order valence-corrected chi connectivity index (χ4v) is 2.68. The number of rotatable bonds is 1. The van der Waals surface area contributed by atoms with E-state index in [9.17, 15) is 18.0 Å². The van der Waals surface area contributed by atoms with Crippen LogP contribution in [0.5, 0.6) is 0 Å². The van der Waals surface area contributed by atoms with Gasteiger partial charge in [0.25, 0.3) is 5.91 Å². The van der Waals surface area contributed by atoms with Gasteiger partial charge in [-0.3, -0.25) is 9.48 Å². The van der Waals surface area contributed by atoms with Crippen molar-refractivity contribution in [3.8, 4) is 0 Å². The fourth-order valence-electron chi connectivity index (χ4n) is 2.68. The first kappa shape index (κ1) is 15.5. The summed E-state index contributed by atoms with van der Waals surface area (Å²) in [5.74, 6) is -1.23. The van der Waals surface area contributed by atoms with Gasteiger partial charge in [-0.1, -0.05) is 0 Å². The van der Waals surface area contributed by atoms with Gasteiger partial charge in [0, 0.05) is 25.8 Å². The summed E-state index contributed by atoms with van der Waals surface area (Å²) in [5.41, 5.74) is 1.08. The largest absolute Gasteiger partial charge is 0.451 e. The third kappa shape index (κ3) is 2.47. The molecule has 1 aliphatic heterocycles. The maximum atomic E-state index is 12.9. The lowest BCUT2D eigenvalue weighted by molar-refractivity contribution is -0.148. The molecule has 10 heteroatoms. The first-order valence-electron chi connectivity index (χ1n) is 7.02. The van der Waals surface area contributed by atoms with Crippen LogP contribution in [0.3, 0.4) is 0 Å². The Kier molecular flexibility index (Phi) is 3.42. The van der Waals surface area contributed by atoms with Gasteiger partial charge in [-0.25, -0.2) is 0 Å². The van der Waals surface area contributed by atoms with Crippen LogP contribution in [-0.4, -0.2) is 41.9 Å². The van der Waals surface area contributed by atoms with Gasteiger partial charge in [-0.05, 0) is 19.9 Å². The molecule has 124 valence electrons. The monoisotopic (exact) mass is 328 g/mol. The topological polar surface area (TPSA) is 68.8 Å². The summed E-state index contributed by atoms with van der Waals surface area (Å²) >= 11 is 0. The van der Waals surface area contributed by atoms with Gasteiger partial charge in [-0.15, -0.1) is 10.2 Å². The maximum absolute atomic E-state index is 12.9. The Hall–Kier alpha value is -2.39. The highest BCUT2D eigenvalue weighted by Gasteiger charge is 2.42. The molecule has 1 unspecified atom stereocenters. The van der Waals surface area contributed by atoms with E-state index >= 15 is 0 Å². The second-order valence-corrected chi connectivity index (χ2v) is 5.50. The van der Waals surface area contributed by atoms with Gasteiger partial charge in [0.1, 0.15) is 0 Å².